The lowest BCUT2D eigenvalue weighted by atomic mass is 10.1. The predicted octanol–water partition coefficient (Wildman–Crippen LogP) is 4.23. The first kappa shape index (κ1) is 15.2. The lowest BCUT2D eigenvalue weighted by Gasteiger charge is -2.18. The molecular weight excluding hydrogens is 260 g/mol. The van der Waals surface area contributed by atoms with Crippen LogP contribution in [-0.2, 0) is 0 Å². The number of nitrogens with zero attached hydrogens (tertiary/aromatic N) is 2. The summed E-state index contributed by atoms with van der Waals surface area (Å²) in [7, 11) is 8.19. The number of aryl methyl sites for hydroxylation is 2. The molecule has 0 unspecified atom stereocenters. The fourth-order valence-electron chi connectivity index (χ4n) is 2.52. The number of hydrogen-bond donors (Lipinski definition) is 0. The molecule has 0 aliphatic heterocycles. The van der Waals surface area contributed by atoms with Gasteiger partial charge in [0.05, 0.1) is 0 Å². The first-order valence-corrected chi connectivity index (χ1v) is 7.12. The van der Waals surface area contributed by atoms with Crippen molar-refractivity contribution in [3.63, 3.8) is 0 Å². The van der Waals surface area contributed by atoms with E-state index in [1.165, 1.54) is 22.5 Å². The van der Waals surface area contributed by atoms with Crippen LogP contribution in [0.3, 0.4) is 0 Å². The SMILES string of the molecule is Cc1cc(Oc2ccc(N(C)C)c(C)c2)ccc1N(C)C. The molecule has 0 atom stereocenters. The molecule has 0 aliphatic rings. The smallest absolute Gasteiger partial charge is 0.127 e. The van der Waals surface area contributed by atoms with E-state index >= 15 is 0 Å². The molecule has 0 saturated heterocycles. The van der Waals surface area contributed by atoms with Gasteiger partial charge in [-0.25, -0.2) is 0 Å². The van der Waals surface area contributed by atoms with Crippen molar-refractivity contribution in [2.75, 3.05) is 38.0 Å². The van der Waals surface area contributed by atoms with Gasteiger partial charge in [0.25, 0.3) is 0 Å². The monoisotopic (exact) mass is 284 g/mol. The summed E-state index contributed by atoms with van der Waals surface area (Å²) in [5.74, 6) is 1.74. The summed E-state index contributed by atoms with van der Waals surface area (Å²) in [6.07, 6.45) is 0. The summed E-state index contributed by atoms with van der Waals surface area (Å²) < 4.78 is 5.97. The highest BCUT2D eigenvalue weighted by atomic mass is 16.5. The van der Waals surface area contributed by atoms with Crippen LogP contribution in [0.25, 0.3) is 0 Å². The van der Waals surface area contributed by atoms with Gasteiger partial charge in [-0.1, -0.05) is 0 Å². The first-order valence-electron chi connectivity index (χ1n) is 7.12. The second-order valence-electron chi connectivity index (χ2n) is 5.79. The van der Waals surface area contributed by atoms with Crippen LogP contribution in [0.5, 0.6) is 11.5 Å². The van der Waals surface area contributed by atoms with Crippen LogP contribution in [0.1, 0.15) is 11.1 Å². The summed E-state index contributed by atoms with van der Waals surface area (Å²) in [6.45, 7) is 4.20. The van der Waals surface area contributed by atoms with E-state index in [2.05, 4.69) is 47.9 Å². The van der Waals surface area contributed by atoms with Crippen LogP contribution in [-0.4, -0.2) is 28.2 Å². The summed E-state index contributed by atoms with van der Waals surface area (Å²) in [5.41, 5.74) is 4.83. The van der Waals surface area contributed by atoms with E-state index in [9.17, 15) is 0 Å². The summed E-state index contributed by atoms with van der Waals surface area (Å²) in [6, 6.07) is 12.3. The quantitative estimate of drug-likeness (QED) is 0.835. The molecule has 0 spiro atoms. The Morgan fingerprint density at radius 1 is 0.667 bits per heavy atom. The van der Waals surface area contributed by atoms with Gasteiger partial charge in [-0.15, -0.1) is 0 Å². The maximum absolute atomic E-state index is 5.97. The van der Waals surface area contributed by atoms with Gasteiger partial charge in [-0.3, -0.25) is 0 Å². The lowest BCUT2D eigenvalue weighted by molar-refractivity contribution is 0.482. The van der Waals surface area contributed by atoms with Gasteiger partial charge in [0.15, 0.2) is 0 Å². The number of ether oxygens (including phenoxy) is 1. The summed E-state index contributed by atoms with van der Waals surface area (Å²) in [4.78, 5) is 4.21. The molecule has 0 heterocycles. The van der Waals surface area contributed by atoms with Crippen molar-refractivity contribution >= 4 is 11.4 Å². The van der Waals surface area contributed by atoms with E-state index in [4.69, 9.17) is 4.74 Å². The van der Waals surface area contributed by atoms with Gasteiger partial charge in [0.1, 0.15) is 11.5 Å². The van der Waals surface area contributed by atoms with Crippen molar-refractivity contribution in [1.82, 2.24) is 0 Å². The molecule has 0 bridgehead atoms. The van der Waals surface area contributed by atoms with Gasteiger partial charge >= 0.3 is 0 Å². The Labute approximate surface area is 127 Å². The molecule has 0 fully saturated rings. The van der Waals surface area contributed by atoms with Gasteiger partial charge in [0, 0.05) is 39.6 Å². The molecule has 3 nitrogen and oxygen atoms in total. The van der Waals surface area contributed by atoms with E-state index in [1.54, 1.807) is 0 Å². The van der Waals surface area contributed by atoms with Gasteiger partial charge in [-0.05, 0) is 61.4 Å². The topological polar surface area (TPSA) is 15.7 Å². The molecule has 3 heteroatoms. The highest BCUT2D eigenvalue weighted by Gasteiger charge is 2.06. The van der Waals surface area contributed by atoms with Crippen LogP contribution in [0.4, 0.5) is 11.4 Å². The molecule has 0 saturated carbocycles. The summed E-state index contributed by atoms with van der Waals surface area (Å²) >= 11 is 0. The Balaban J connectivity index is 2.22. The average molecular weight is 284 g/mol. The maximum atomic E-state index is 5.97. The second-order valence-corrected chi connectivity index (χ2v) is 5.79. The number of hydrogen-bond acceptors (Lipinski definition) is 3. The predicted molar refractivity (Wildman–Crippen MR) is 91.1 cm³/mol. The van der Waals surface area contributed by atoms with Crippen LogP contribution in [0, 0.1) is 13.8 Å². The normalized spacial score (nSPS) is 10.4. The molecule has 0 aliphatic carbocycles. The van der Waals surface area contributed by atoms with E-state index in [-0.39, 0.29) is 0 Å². The van der Waals surface area contributed by atoms with Crippen LogP contribution >= 0.6 is 0 Å². The highest BCUT2D eigenvalue weighted by molar-refractivity contribution is 5.57. The number of rotatable bonds is 4. The highest BCUT2D eigenvalue weighted by Crippen LogP contribution is 2.29. The fourth-order valence-corrected chi connectivity index (χ4v) is 2.52. The van der Waals surface area contributed by atoms with Crippen molar-refractivity contribution in [3.8, 4) is 11.5 Å². The molecule has 0 aromatic heterocycles. The molecule has 0 radical (unpaired) electrons. The molecular formula is C18H24N2O. The molecule has 0 amide bonds. The Bertz CT molecular complexity index is 578. The Morgan fingerprint density at radius 2 is 1.05 bits per heavy atom. The first-order chi connectivity index (χ1) is 9.88. The Hall–Kier alpha value is -2.16. The zero-order valence-corrected chi connectivity index (χ0v) is 13.8. The minimum atomic E-state index is 0.870. The third kappa shape index (κ3) is 3.48. The molecule has 2 rings (SSSR count). The van der Waals surface area contributed by atoms with Gasteiger partial charge < -0.3 is 14.5 Å². The number of anilines is 2. The van der Waals surface area contributed by atoms with Crippen LogP contribution < -0.4 is 14.5 Å². The number of benzene rings is 2. The van der Waals surface area contributed by atoms with Crippen molar-refractivity contribution in [2.45, 2.75) is 13.8 Å². The summed E-state index contributed by atoms with van der Waals surface area (Å²) in [5, 5.41) is 0. The van der Waals surface area contributed by atoms with E-state index in [0.29, 0.717) is 0 Å². The second kappa shape index (κ2) is 6.08. The molecule has 0 N–H and O–H groups in total. The minimum Gasteiger partial charge on any atom is -0.457 e. The standard InChI is InChI=1S/C18H24N2O/c1-13-11-15(7-9-17(13)19(3)4)21-16-8-10-18(20(5)6)14(2)12-16/h7-12H,1-6H3. The van der Waals surface area contributed by atoms with E-state index in [0.717, 1.165) is 11.5 Å². The largest absolute Gasteiger partial charge is 0.457 e. The Kier molecular flexibility index (Phi) is 4.41. The Morgan fingerprint density at radius 3 is 1.33 bits per heavy atom. The third-order valence-electron chi connectivity index (χ3n) is 3.54. The lowest BCUT2D eigenvalue weighted by Crippen LogP contribution is -2.10. The van der Waals surface area contributed by atoms with Crippen molar-refractivity contribution in [3.05, 3.63) is 47.5 Å². The molecule has 2 aromatic rings. The molecule has 21 heavy (non-hydrogen) atoms. The van der Waals surface area contributed by atoms with Crippen LogP contribution in [0.2, 0.25) is 0 Å². The fraction of sp³-hybridized carbons (Fsp3) is 0.333. The van der Waals surface area contributed by atoms with Gasteiger partial charge in [-0.2, -0.15) is 0 Å². The van der Waals surface area contributed by atoms with Crippen LogP contribution in [0.15, 0.2) is 36.4 Å². The average Bonchev–Trinajstić information content (AvgIpc) is 2.37. The molecule has 2 aromatic carbocycles. The van der Waals surface area contributed by atoms with E-state index in [1.807, 2.05) is 40.3 Å². The molecule has 112 valence electrons. The van der Waals surface area contributed by atoms with Gasteiger partial charge in [0.2, 0.25) is 0 Å². The zero-order valence-electron chi connectivity index (χ0n) is 13.8. The maximum Gasteiger partial charge on any atom is 0.127 e. The van der Waals surface area contributed by atoms with Crippen molar-refractivity contribution in [1.29, 1.82) is 0 Å². The minimum absolute atomic E-state index is 0.870. The van der Waals surface area contributed by atoms with Crippen molar-refractivity contribution in [2.24, 2.45) is 0 Å². The van der Waals surface area contributed by atoms with E-state index < -0.39 is 0 Å². The third-order valence-corrected chi connectivity index (χ3v) is 3.54. The van der Waals surface area contributed by atoms with Crippen molar-refractivity contribution < 1.29 is 4.74 Å². The zero-order chi connectivity index (χ0) is 15.6.